The summed E-state index contributed by atoms with van der Waals surface area (Å²) >= 11 is 0. The Morgan fingerprint density at radius 3 is 2.05 bits per heavy atom. The summed E-state index contributed by atoms with van der Waals surface area (Å²) in [6.07, 6.45) is 0. The molecule has 0 saturated heterocycles. The summed E-state index contributed by atoms with van der Waals surface area (Å²) in [5.74, 6) is -0.173. The highest BCUT2D eigenvalue weighted by molar-refractivity contribution is 5.94. The van der Waals surface area contributed by atoms with Crippen molar-refractivity contribution >= 4 is 5.91 Å². The minimum Gasteiger partial charge on any atom is -0.388 e. The number of rotatable bonds is 5. The minimum atomic E-state index is -0.993. The van der Waals surface area contributed by atoms with Crippen molar-refractivity contribution in [1.29, 1.82) is 0 Å². The van der Waals surface area contributed by atoms with Gasteiger partial charge in [0.25, 0.3) is 5.91 Å². The lowest BCUT2D eigenvalue weighted by Gasteiger charge is -2.38. The van der Waals surface area contributed by atoms with E-state index in [0.29, 0.717) is 5.56 Å². The fourth-order valence-corrected chi connectivity index (χ4v) is 1.64. The quantitative estimate of drug-likeness (QED) is 0.866. The molecule has 0 spiro atoms. The second-order valence-corrected chi connectivity index (χ2v) is 6.57. The van der Waals surface area contributed by atoms with Gasteiger partial charge in [-0.1, -0.05) is 12.1 Å². The van der Waals surface area contributed by atoms with Crippen molar-refractivity contribution in [3.8, 4) is 0 Å². The molecule has 0 saturated carbocycles. The van der Waals surface area contributed by atoms with Crippen LogP contribution >= 0.6 is 0 Å². The number of benzene rings is 1. The van der Waals surface area contributed by atoms with Crippen molar-refractivity contribution in [2.24, 2.45) is 0 Å². The lowest BCUT2D eigenvalue weighted by Crippen LogP contribution is -2.57. The zero-order chi connectivity index (χ0) is 15.6. The SMILES string of the molecule is CN(C)Cc1ccc(C(=O)NC(C)(C)C(C)(C)O)cc1. The van der Waals surface area contributed by atoms with Crippen molar-refractivity contribution in [3.63, 3.8) is 0 Å². The van der Waals surface area contributed by atoms with Crippen LogP contribution in [0.4, 0.5) is 0 Å². The van der Waals surface area contributed by atoms with Gasteiger partial charge in [0, 0.05) is 12.1 Å². The molecule has 4 heteroatoms. The number of hydrogen-bond donors (Lipinski definition) is 2. The van der Waals surface area contributed by atoms with Crippen LogP contribution in [-0.2, 0) is 6.54 Å². The fraction of sp³-hybridized carbons (Fsp3) is 0.562. The Morgan fingerprint density at radius 1 is 1.15 bits per heavy atom. The number of carbonyl (C=O) groups is 1. The van der Waals surface area contributed by atoms with Crippen LogP contribution in [0.3, 0.4) is 0 Å². The van der Waals surface area contributed by atoms with Gasteiger partial charge in [0.05, 0.1) is 11.1 Å². The van der Waals surface area contributed by atoms with Gasteiger partial charge in [-0.25, -0.2) is 0 Å². The molecule has 112 valence electrons. The van der Waals surface area contributed by atoms with Gasteiger partial charge in [0.1, 0.15) is 0 Å². The van der Waals surface area contributed by atoms with E-state index in [1.807, 2.05) is 52.2 Å². The Kier molecular flexibility index (Phi) is 4.95. The molecule has 0 atom stereocenters. The minimum absolute atomic E-state index is 0.173. The van der Waals surface area contributed by atoms with Crippen LogP contribution in [-0.4, -0.2) is 41.1 Å². The number of hydrogen-bond acceptors (Lipinski definition) is 3. The van der Waals surface area contributed by atoms with E-state index in [1.54, 1.807) is 13.8 Å². The van der Waals surface area contributed by atoms with Crippen LogP contribution < -0.4 is 5.32 Å². The van der Waals surface area contributed by atoms with E-state index in [1.165, 1.54) is 0 Å². The van der Waals surface area contributed by atoms with Crippen LogP contribution in [0.2, 0.25) is 0 Å². The highest BCUT2D eigenvalue weighted by Crippen LogP contribution is 2.21. The van der Waals surface area contributed by atoms with E-state index in [-0.39, 0.29) is 5.91 Å². The largest absolute Gasteiger partial charge is 0.388 e. The number of carbonyl (C=O) groups excluding carboxylic acids is 1. The average molecular weight is 278 g/mol. The Hall–Kier alpha value is -1.39. The first-order chi connectivity index (χ1) is 9.03. The van der Waals surface area contributed by atoms with E-state index >= 15 is 0 Å². The monoisotopic (exact) mass is 278 g/mol. The van der Waals surface area contributed by atoms with Gasteiger partial charge in [0.15, 0.2) is 0 Å². The Labute approximate surface area is 121 Å². The summed E-state index contributed by atoms with van der Waals surface area (Å²) in [5.41, 5.74) is 0.0676. The molecule has 0 heterocycles. The molecular weight excluding hydrogens is 252 g/mol. The van der Waals surface area contributed by atoms with E-state index in [0.717, 1.165) is 12.1 Å². The maximum atomic E-state index is 12.2. The summed E-state index contributed by atoms with van der Waals surface area (Å²) in [5, 5.41) is 12.9. The molecule has 0 fully saturated rings. The van der Waals surface area contributed by atoms with E-state index in [9.17, 15) is 9.90 Å². The van der Waals surface area contributed by atoms with Gasteiger partial charge < -0.3 is 15.3 Å². The smallest absolute Gasteiger partial charge is 0.251 e. The molecule has 1 aromatic rings. The molecule has 0 aliphatic carbocycles. The van der Waals surface area contributed by atoms with Crippen LogP contribution in [0.1, 0.15) is 43.6 Å². The number of amides is 1. The van der Waals surface area contributed by atoms with Crippen LogP contribution in [0, 0.1) is 0 Å². The summed E-state index contributed by atoms with van der Waals surface area (Å²) in [6.45, 7) is 7.84. The molecular formula is C16H26N2O2. The first kappa shape index (κ1) is 16.7. The zero-order valence-corrected chi connectivity index (χ0v) is 13.3. The van der Waals surface area contributed by atoms with E-state index in [2.05, 4.69) is 10.2 Å². The molecule has 4 nitrogen and oxygen atoms in total. The Balaban J connectivity index is 2.79. The number of aliphatic hydroxyl groups is 1. The van der Waals surface area contributed by atoms with Gasteiger partial charge >= 0.3 is 0 Å². The van der Waals surface area contributed by atoms with Gasteiger partial charge in [-0.3, -0.25) is 4.79 Å². The molecule has 1 rings (SSSR count). The molecule has 0 bridgehead atoms. The topological polar surface area (TPSA) is 52.6 Å². The van der Waals surface area contributed by atoms with E-state index < -0.39 is 11.1 Å². The third-order valence-electron chi connectivity index (χ3n) is 3.67. The normalized spacial score (nSPS) is 12.6. The Bertz CT molecular complexity index is 456. The van der Waals surface area contributed by atoms with Gasteiger partial charge in [-0.2, -0.15) is 0 Å². The van der Waals surface area contributed by atoms with Crippen LogP contribution in [0.5, 0.6) is 0 Å². The molecule has 1 amide bonds. The van der Waals surface area contributed by atoms with Crippen LogP contribution in [0.15, 0.2) is 24.3 Å². The van der Waals surface area contributed by atoms with Crippen molar-refractivity contribution in [3.05, 3.63) is 35.4 Å². The summed E-state index contributed by atoms with van der Waals surface area (Å²) in [6, 6.07) is 7.53. The molecule has 0 aliphatic heterocycles. The standard InChI is InChI=1S/C16H26N2O2/c1-15(2,16(3,4)20)17-14(19)13-9-7-12(8-10-13)11-18(5)6/h7-10,20H,11H2,1-6H3,(H,17,19). The summed E-state index contributed by atoms with van der Waals surface area (Å²) in [7, 11) is 4.01. The lowest BCUT2D eigenvalue weighted by atomic mass is 9.85. The Morgan fingerprint density at radius 2 is 1.65 bits per heavy atom. The highest BCUT2D eigenvalue weighted by Gasteiger charge is 2.36. The molecule has 0 radical (unpaired) electrons. The molecule has 1 aromatic carbocycles. The van der Waals surface area contributed by atoms with Crippen molar-refractivity contribution in [1.82, 2.24) is 10.2 Å². The van der Waals surface area contributed by atoms with Crippen molar-refractivity contribution in [2.45, 2.75) is 45.4 Å². The molecule has 2 N–H and O–H groups in total. The third-order valence-corrected chi connectivity index (χ3v) is 3.67. The third kappa shape index (κ3) is 4.32. The second kappa shape index (κ2) is 5.94. The predicted molar refractivity (Wildman–Crippen MR) is 81.7 cm³/mol. The first-order valence-corrected chi connectivity index (χ1v) is 6.81. The maximum Gasteiger partial charge on any atom is 0.251 e. The van der Waals surface area contributed by atoms with E-state index in [4.69, 9.17) is 0 Å². The number of nitrogens with zero attached hydrogens (tertiary/aromatic N) is 1. The molecule has 0 aliphatic rings. The second-order valence-electron chi connectivity index (χ2n) is 6.57. The molecule has 0 unspecified atom stereocenters. The van der Waals surface area contributed by atoms with Gasteiger partial charge in [0.2, 0.25) is 0 Å². The maximum absolute atomic E-state index is 12.2. The van der Waals surface area contributed by atoms with Gasteiger partial charge in [-0.05, 0) is 59.5 Å². The van der Waals surface area contributed by atoms with Gasteiger partial charge in [-0.15, -0.1) is 0 Å². The fourth-order valence-electron chi connectivity index (χ4n) is 1.64. The highest BCUT2D eigenvalue weighted by atomic mass is 16.3. The zero-order valence-electron chi connectivity index (χ0n) is 13.3. The molecule has 0 aromatic heterocycles. The van der Waals surface area contributed by atoms with Crippen LogP contribution in [0.25, 0.3) is 0 Å². The average Bonchev–Trinajstić information content (AvgIpc) is 2.26. The first-order valence-electron chi connectivity index (χ1n) is 6.81. The van der Waals surface area contributed by atoms with Crippen molar-refractivity contribution < 1.29 is 9.90 Å². The summed E-state index contributed by atoms with van der Waals surface area (Å²) in [4.78, 5) is 14.3. The summed E-state index contributed by atoms with van der Waals surface area (Å²) < 4.78 is 0. The predicted octanol–water partition coefficient (Wildman–Crippen LogP) is 2.03. The lowest BCUT2D eigenvalue weighted by molar-refractivity contribution is -0.00292. The van der Waals surface area contributed by atoms with Crippen molar-refractivity contribution in [2.75, 3.05) is 14.1 Å². The molecule has 20 heavy (non-hydrogen) atoms. The number of nitrogens with one attached hydrogen (secondary N) is 1.